The predicted molar refractivity (Wildman–Crippen MR) is 64.5 cm³/mol. The van der Waals surface area contributed by atoms with Gasteiger partial charge in [-0.1, -0.05) is 39.3 Å². The van der Waals surface area contributed by atoms with Crippen LogP contribution in [0.15, 0.2) is 11.6 Å². The molecule has 0 amide bonds. The van der Waals surface area contributed by atoms with Crippen molar-refractivity contribution in [1.82, 2.24) is 0 Å². The molecule has 0 aromatic rings. The smallest absolute Gasteiger partial charge is 0.0102 e. The zero-order valence-electron chi connectivity index (χ0n) is 10.6. The first-order valence-electron chi connectivity index (χ1n) is 6.79. The summed E-state index contributed by atoms with van der Waals surface area (Å²) in [5.41, 5.74) is 2.58. The average Bonchev–Trinajstić information content (AvgIpc) is 2.75. The molecule has 0 heterocycles. The lowest BCUT2D eigenvalue weighted by molar-refractivity contribution is 0.283. The number of fused-ring (bicyclic) bond motifs is 1. The molecule has 15 heavy (non-hydrogen) atoms. The number of allylic oxidation sites excluding steroid dienone is 2. The van der Waals surface area contributed by atoms with E-state index in [-0.39, 0.29) is 0 Å². The van der Waals surface area contributed by atoms with Gasteiger partial charge in [-0.25, -0.2) is 0 Å². The first kappa shape index (κ1) is 9.93. The third kappa shape index (κ3) is 1.04. The lowest BCUT2D eigenvalue weighted by atomic mass is 9.75. The molecule has 3 aliphatic carbocycles. The Balaban J connectivity index is 1.96. The summed E-state index contributed by atoms with van der Waals surface area (Å²) in [5.74, 6) is 4.79. The van der Waals surface area contributed by atoms with Crippen LogP contribution in [-0.2, 0) is 0 Å². The minimum absolute atomic E-state index is 0.772. The molecule has 0 saturated heterocycles. The Morgan fingerprint density at radius 3 is 2.73 bits per heavy atom. The fraction of sp³-hybridized carbons (Fsp3) is 0.867. The van der Waals surface area contributed by atoms with Crippen LogP contribution in [-0.4, -0.2) is 0 Å². The molecular formula is C15H24. The molecule has 2 fully saturated rings. The molecule has 0 N–H and O–H groups in total. The molecule has 3 aliphatic rings. The maximum atomic E-state index is 2.58. The second-order valence-corrected chi connectivity index (χ2v) is 6.63. The molecule has 0 nitrogen and oxygen atoms in total. The summed E-state index contributed by atoms with van der Waals surface area (Å²) in [6, 6.07) is 0. The van der Waals surface area contributed by atoms with Crippen molar-refractivity contribution in [3.05, 3.63) is 11.6 Å². The Kier molecular flexibility index (Phi) is 1.92. The molecule has 0 bridgehead atoms. The second kappa shape index (κ2) is 2.90. The van der Waals surface area contributed by atoms with Crippen molar-refractivity contribution in [3.63, 3.8) is 0 Å². The van der Waals surface area contributed by atoms with Crippen LogP contribution >= 0.6 is 0 Å². The van der Waals surface area contributed by atoms with E-state index in [4.69, 9.17) is 0 Å². The fourth-order valence-corrected chi connectivity index (χ4v) is 4.98. The van der Waals surface area contributed by atoms with E-state index in [1.165, 1.54) is 19.3 Å². The van der Waals surface area contributed by atoms with Crippen LogP contribution in [0.3, 0.4) is 0 Å². The second-order valence-electron chi connectivity index (χ2n) is 6.63. The average molecular weight is 204 g/mol. The quantitative estimate of drug-likeness (QED) is 0.559. The van der Waals surface area contributed by atoms with Crippen LogP contribution in [0.5, 0.6) is 0 Å². The molecule has 1 spiro atoms. The van der Waals surface area contributed by atoms with Crippen LogP contribution in [0.1, 0.15) is 47.0 Å². The topological polar surface area (TPSA) is 0 Å². The predicted octanol–water partition coefficient (Wildman–Crippen LogP) is 4.27. The van der Waals surface area contributed by atoms with E-state index >= 15 is 0 Å². The number of hydrogen-bond acceptors (Lipinski definition) is 0. The van der Waals surface area contributed by atoms with Crippen LogP contribution in [0, 0.1) is 35.0 Å². The highest BCUT2D eigenvalue weighted by atomic mass is 14.8. The van der Waals surface area contributed by atoms with E-state index < -0.39 is 0 Å². The highest BCUT2D eigenvalue weighted by Gasteiger charge is 2.72. The van der Waals surface area contributed by atoms with Crippen molar-refractivity contribution in [2.24, 2.45) is 35.0 Å². The van der Waals surface area contributed by atoms with Gasteiger partial charge >= 0.3 is 0 Å². The molecule has 3 rings (SSSR count). The van der Waals surface area contributed by atoms with E-state index in [0.29, 0.717) is 0 Å². The zero-order chi connectivity index (χ0) is 10.8. The SMILES string of the molecule is CC(C)C1=CC[C@@H](C)[C@]23CC[C@@H](C)[C@H]2[C@H]13. The molecule has 0 radical (unpaired) electrons. The molecule has 84 valence electrons. The van der Waals surface area contributed by atoms with Crippen molar-refractivity contribution in [2.75, 3.05) is 0 Å². The van der Waals surface area contributed by atoms with Crippen molar-refractivity contribution in [2.45, 2.75) is 47.0 Å². The largest absolute Gasteiger partial charge is 0.0845 e. The van der Waals surface area contributed by atoms with Gasteiger partial charge in [0.05, 0.1) is 0 Å². The normalized spacial score (nSPS) is 52.5. The van der Waals surface area contributed by atoms with E-state index in [1.807, 2.05) is 5.57 Å². The Bertz CT molecular complexity index is 312. The third-order valence-corrected chi connectivity index (χ3v) is 5.75. The fourth-order valence-electron chi connectivity index (χ4n) is 4.98. The van der Waals surface area contributed by atoms with Crippen LogP contribution < -0.4 is 0 Å². The minimum atomic E-state index is 0.772. The molecule has 2 saturated carbocycles. The highest BCUT2D eigenvalue weighted by molar-refractivity contribution is 5.34. The summed E-state index contributed by atoms with van der Waals surface area (Å²) in [5, 5.41) is 0. The van der Waals surface area contributed by atoms with Gasteiger partial charge < -0.3 is 0 Å². The monoisotopic (exact) mass is 204 g/mol. The van der Waals surface area contributed by atoms with Crippen LogP contribution in [0.25, 0.3) is 0 Å². The maximum Gasteiger partial charge on any atom is -0.0102 e. The van der Waals surface area contributed by atoms with E-state index in [9.17, 15) is 0 Å². The lowest BCUT2D eigenvalue weighted by Crippen LogP contribution is -2.20. The Morgan fingerprint density at radius 2 is 2.07 bits per heavy atom. The lowest BCUT2D eigenvalue weighted by Gasteiger charge is -2.29. The van der Waals surface area contributed by atoms with Crippen LogP contribution in [0.4, 0.5) is 0 Å². The van der Waals surface area contributed by atoms with Gasteiger partial charge in [-0.15, -0.1) is 0 Å². The van der Waals surface area contributed by atoms with Gasteiger partial charge in [-0.3, -0.25) is 0 Å². The van der Waals surface area contributed by atoms with Gasteiger partial charge in [0.1, 0.15) is 0 Å². The van der Waals surface area contributed by atoms with Gasteiger partial charge in [0, 0.05) is 0 Å². The minimum Gasteiger partial charge on any atom is -0.0845 e. The van der Waals surface area contributed by atoms with E-state index in [1.54, 1.807) is 0 Å². The molecular weight excluding hydrogens is 180 g/mol. The van der Waals surface area contributed by atoms with Gasteiger partial charge in [0.2, 0.25) is 0 Å². The summed E-state index contributed by atoms with van der Waals surface area (Å²) in [7, 11) is 0. The first-order valence-corrected chi connectivity index (χ1v) is 6.79. The molecule has 0 aliphatic heterocycles. The van der Waals surface area contributed by atoms with E-state index in [2.05, 4.69) is 33.8 Å². The molecule has 0 heteroatoms. The molecule has 0 unspecified atom stereocenters. The Labute approximate surface area is 94.1 Å². The summed E-state index contributed by atoms with van der Waals surface area (Å²) < 4.78 is 0. The van der Waals surface area contributed by atoms with Gasteiger partial charge in [0.15, 0.2) is 0 Å². The van der Waals surface area contributed by atoms with Gasteiger partial charge in [-0.05, 0) is 54.3 Å². The van der Waals surface area contributed by atoms with Crippen LogP contribution in [0.2, 0.25) is 0 Å². The summed E-state index contributed by atoms with van der Waals surface area (Å²) in [4.78, 5) is 0. The van der Waals surface area contributed by atoms with Crippen molar-refractivity contribution in [1.29, 1.82) is 0 Å². The van der Waals surface area contributed by atoms with E-state index in [0.717, 1.165) is 35.0 Å². The maximum absolute atomic E-state index is 2.58. The Hall–Kier alpha value is -0.260. The standard InChI is InChI=1S/C15H24/c1-9(2)12-6-5-11(4)15-8-7-10(3)13(15)14(12)15/h6,9-11,13-14H,5,7-8H2,1-4H3/t10-,11-,13+,14+,15-/m1/s1. The molecule has 5 atom stereocenters. The van der Waals surface area contributed by atoms with Crippen molar-refractivity contribution >= 4 is 0 Å². The van der Waals surface area contributed by atoms with Crippen molar-refractivity contribution in [3.8, 4) is 0 Å². The Morgan fingerprint density at radius 1 is 1.33 bits per heavy atom. The summed E-state index contributed by atoms with van der Waals surface area (Å²) in [6.07, 6.45) is 6.95. The van der Waals surface area contributed by atoms with Gasteiger partial charge in [-0.2, -0.15) is 0 Å². The zero-order valence-corrected chi connectivity index (χ0v) is 10.6. The molecule has 0 aromatic heterocycles. The van der Waals surface area contributed by atoms with Gasteiger partial charge in [0.25, 0.3) is 0 Å². The third-order valence-electron chi connectivity index (χ3n) is 5.75. The number of hydrogen-bond donors (Lipinski definition) is 0. The highest BCUT2D eigenvalue weighted by Crippen LogP contribution is 2.78. The summed E-state index contributed by atoms with van der Waals surface area (Å²) >= 11 is 0. The summed E-state index contributed by atoms with van der Waals surface area (Å²) in [6.45, 7) is 9.75. The number of rotatable bonds is 1. The van der Waals surface area contributed by atoms with Crippen molar-refractivity contribution < 1.29 is 0 Å². The molecule has 0 aromatic carbocycles. The first-order chi connectivity index (χ1) is 7.09.